The summed E-state index contributed by atoms with van der Waals surface area (Å²) in [6, 6.07) is 21.5. The van der Waals surface area contributed by atoms with Gasteiger partial charge in [0.1, 0.15) is 11.4 Å². The molecule has 0 unspecified atom stereocenters. The lowest BCUT2D eigenvalue weighted by molar-refractivity contribution is -0.131. The Kier molecular flexibility index (Phi) is 8.56. The van der Waals surface area contributed by atoms with E-state index in [9.17, 15) is 9.59 Å². The van der Waals surface area contributed by atoms with Gasteiger partial charge in [0.2, 0.25) is 5.91 Å². The highest BCUT2D eigenvalue weighted by Gasteiger charge is 2.29. The number of hydrogen-bond donors (Lipinski definition) is 1. The van der Waals surface area contributed by atoms with Crippen molar-refractivity contribution in [3.05, 3.63) is 108 Å². The van der Waals surface area contributed by atoms with Crippen LogP contribution in [-0.4, -0.2) is 74.9 Å². The molecular formula is C37H37FN6O3. The molecule has 10 heteroatoms. The highest BCUT2D eigenvalue weighted by molar-refractivity contribution is 6.05. The number of ether oxygens (including phenoxy) is 1. The molecular weight excluding hydrogens is 595 g/mol. The van der Waals surface area contributed by atoms with Crippen molar-refractivity contribution in [3.8, 4) is 16.9 Å². The summed E-state index contributed by atoms with van der Waals surface area (Å²) in [5.41, 5.74) is 4.50. The molecule has 3 aromatic carbocycles. The van der Waals surface area contributed by atoms with Gasteiger partial charge in [0.15, 0.2) is 5.82 Å². The first kappa shape index (κ1) is 30.4. The number of carbonyl (C=O) groups excluding carboxylic acids is 2. The van der Waals surface area contributed by atoms with Crippen molar-refractivity contribution in [2.24, 2.45) is 0 Å². The molecule has 9 nitrogen and oxygen atoms in total. The number of hydrogen-bond acceptors (Lipinski definition) is 5. The van der Waals surface area contributed by atoms with E-state index in [1.807, 2.05) is 59.5 Å². The van der Waals surface area contributed by atoms with Gasteiger partial charge in [-0.1, -0.05) is 59.8 Å². The third-order valence-electron chi connectivity index (χ3n) is 9.34. The van der Waals surface area contributed by atoms with Crippen molar-refractivity contribution >= 4 is 28.3 Å². The topological polar surface area (TPSA) is 96.3 Å². The summed E-state index contributed by atoms with van der Waals surface area (Å²) in [4.78, 5) is 33.9. The van der Waals surface area contributed by atoms with Crippen LogP contribution in [0.4, 0.5) is 4.39 Å². The predicted molar refractivity (Wildman–Crippen MR) is 178 cm³/mol. The molecule has 1 N–H and O–H groups in total. The SMILES string of the molecule is COc1ccccc1-c1cc(C2=CCCN(C(=O)CCn3ccnn3)C2)c(F)c2[nH]c(C(=O)N3CCC[C@H](c4ccccc4)C3)cc12. The molecule has 1 saturated heterocycles. The molecule has 4 heterocycles. The van der Waals surface area contributed by atoms with Crippen LogP contribution >= 0.6 is 0 Å². The number of likely N-dealkylation sites (tertiary alicyclic amines) is 1. The van der Waals surface area contributed by atoms with E-state index >= 15 is 4.39 Å². The van der Waals surface area contributed by atoms with Crippen LogP contribution < -0.4 is 4.74 Å². The lowest BCUT2D eigenvalue weighted by Gasteiger charge is -2.32. The Morgan fingerprint density at radius 1 is 1.00 bits per heavy atom. The third kappa shape index (κ3) is 6.15. The molecule has 7 rings (SSSR count). The minimum Gasteiger partial charge on any atom is -0.496 e. The molecule has 0 radical (unpaired) electrons. The number of aryl methyl sites for hydroxylation is 1. The van der Waals surface area contributed by atoms with Gasteiger partial charge in [-0.2, -0.15) is 0 Å². The molecule has 2 amide bonds. The number of nitrogens with zero attached hydrogens (tertiary/aromatic N) is 5. The number of amides is 2. The maximum absolute atomic E-state index is 16.6. The molecule has 1 fully saturated rings. The number of carbonyl (C=O) groups is 2. The molecule has 240 valence electrons. The monoisotopic (exact) mass is 632 g/mol. The molecule has 2 aliphatic heterocycles. The van der Waals surface area contributed by atoms with Gasteiger partial charge in [-0.25, -0.2) is 4.39 Å². The van der Waals surface area contributed by atoms with E-state index < -0.39 is 5.82 Å². The second kappa shape index (κ2) is 13.2. The summed E-state index contributed by atoms with van der Waals surface area (Å²) in [5, 5.41) is 8.35. The number of rotatable bonds is 8. The standard InChI is InChI=1S/C37H37FN6O3/c1-47-33-14-6-5-13-28(33)30-21-29(27-12-8-17-42(24-27)34(45)15-19-44-20-16-39-41-44)35(38)36-31(30)22-32(40-36)37(46)43-18-7-11-26(23-43)25-9-3-2-4-10-25/h2-6,9-10,12-14,16,20-22,26,40H,7-8,11,15,17-19,23-24H2,1H3/t26-/m0/s1. The second-order valence-corrected chi connectivity index (χ2v) is 12.2. The van der Waals surface area contributed by atoms with Crippen LogP contribution in [0.3, 0.4) is 0 Å². The van der Waals surface area contributed by atoms with Gasteiger partial charge >= 0.3 is 0 Å². The van der Waals surface area contributed by atoms with E-state index in [0.29, 0.717) is 55.0 Å². The second-order valence-electron chi connectivity index (χ2n) is 12.2. The molecule has 0 saturated carbocycles. The van der Waals surface area contributed by atoms with Gasteiger partial charge in [0.25, 0.3) is 5.91 Å². The Balaban J connectivity index is 1.23. The number of fused-ring (bicyclic) bond motifs is 1. The minimum atomic E-state index is -0.443. The first-order valence-corrected chi connectivity index (χ1v) is 16.1. The van der Waals surface area contributed by atoms with Crippen molar-refractivity contribution in [2.45, 2.75) is 38.1 Å². The summed E-state index contributed by atoms with van der Waals surface area (Å²) in [6.07, 6.45) is 8.11. The fraction of sp³-hybridized carbons (Fsp3) is 0.297. The van der Waals surface area contributed by atoms with Gasteiger partial charge < -0.3 is 19.5 Å². The van der Waals surface area contributed by atoms with Crippen molar-refractivity contribution in [1.82, 2.24) is 29.8 Å². The Morgan fingerprint density at radius 3 is 2.64 bits per heavy atom. The molecule has 0 spiro atoms. The highest BCUT2D eigenvalue weighted by Crippen LogP contribution is 2.40. The maximum atomic E-state index is 16.6. The average Bonchev–Trinajstić information content (AvgIpc) is 3.82. The van der Waals surface area contributed by atoms with E-state index in [1.54, 1.807) is 35.2 Å². The van der Waals surface area contributed by atoms with E-state index in [1.165, 1.54) is 5.56 Å². The third-order valence-corrected chi connectivity index (χ3v) is 9.34. The molecule has 47 heavy (non-hydrogen) atoms. The number of H-pyrrole nitrogens is 1. The van der Waals surface area contributed by atoms with Crippen LogP contribution in [0, 0.1) is 5.82 Å². The summed E-state index contributed by atoms with van der Waals surface area (Å²) < 4.78 is 24.0. The number of halogens is 1. The minimum absolute atomic E-state index is 0.0272. The first-order chi connectivity index (χ1) is 23.0. The van der Waals surface area contributed by atoms with E-state index in [-0.39, 0.29) is 36.2 Å². The summed E-state index contributed by atoms with van der Waals surface area (Å²) in [7, 11) is 1.61. The summed E-state index contributed by atoms with van der Waals surface area (Å²) in [6.45, 7) is 2.53. The van der Waals surface area contributed by atoms with Crippen LogP contribution in [0.2, 0.25) is 0 Å². The van der Waals surface area contributed by atoms with Crippen LogP contribution in [0.25, 0.3) is 27.6 Å². The molecule has 1 atom stereocenters. The van der Waals surface area contributed by atoms with Gasteiger partial charge in [-0.15, -0.1) is 5.10 Å². The molecule has 2 aromatic heterocycles. The van der Waals surface area contributed by atoms with Crippen molar-refractivity contribution in [3.63, 3.8) is 0 Å². The van der Waals surface area contributed by atoms with E-state index in [0.717, 1.165) is 29.5 Å². The predicted octanol–water partition coefficient (Wildman–Crippen LogP) is 6.30. The zero-order valence-electron chi connectivity index (χ0n) is 26.4. The van der Waals surface area contributed by atoms with E-state index in [4.69, 9.17) is 4.74 Å². The highest BCUT2D eigenvalue weighted by atomic mass is 19.1. The Hall–Kier alpha value is -5.25. The summed E-state index contributed by atoms with van der Waals surface area (Å²) in [5.74, 6) is 0.285. The lowest BCUT2D eigenvalue weighted by atomic mass is 9.90. The van der Waals surface area contributed by atoms with E-state index in [2.05, 4.69) is 27.4 Å². The Bertz CT molecular complexity index is 1930. The lowest BCUT2D eigenvalue weighted by Crippen LogP contribution is -2.39. The number of para-hydroxylation sites is 1. The van der Waals surface area contributed by atoms with Crippen molar-refractivity contribution in [2.75, 3.05) is 33.3 Å². The fourth-order valence-electron chi connectivity index (χ4n) is 6.90. The maximum Gasteiger partial charge on any atom is 0.270 e. The van der Waals surface area contributed by atoms with Gasteiger partial charge in [0, 0.05) is 61.2 Å². The molecule has 0 aliphatic carbocycles. The summed E-state index contributed by atoms with van der Waals surface area (Å²) >= 11 is 0. The van der Waals surface area contributed by atoms with Gasteiger partial charge in [-0.3, -0.25) is 14.3 Å². The zero-order valence-corrected chi connectivity index (χ0v) is 26.4. The van der Waals surface area contributed by atoms with Crippen LogP contribution in [0.5, 0.6) is 5.75 Å². The Morgan fingerprint density at radius 2 is 1.83 bits per heavy atom. The average molecular weight is 633 g/mol. The number of aromatic nitrogens is 4. The number of methoxy groups -OCH3 is 1. The molecule has 2 aliphatic rings. The van der Waals surface area contributed by atoms with Crippen LogP contribution in [0.15, 0.2) is 85.2 Å². The van der Waals surface area contributed by atoms with Gasteiger partial charge in [-0.05, 0) is 54.2 Å². The van der Waals surface area contributed by atoms with Crippen molar-refractivity contribution < 1.29 is 18.7 Å². The van der Waals surface area contributed by atoms with Gasteiger partial charge in [0.05, 0.1) is 25.4 Å². The molecule has 5 aromatic rings. The fourth-order valence-corrected chi connectivity index (χ4v) is 6.90. The number of piperidine rings is 1. The number of benzene rings is 3. The number of aromatic amines is 1. The Labute approximate surface area is 272 Å². The van der Waals surface area contributed by atoms with Crippen molar-refractivity contribution in [1.29, 1.82) is 0 Å². The van der Waals surface area contributed by atoms with Crippen LogP contribution in [-0.2, 0) is 11.3 Å². The number of nitrogens with one attached hydrogen (secondary N) is 1. The first-order valence-electron chi connectivity index (χ1n) is 16.1. The zero-order chi connectivity index (χ0) is 32.3. The quantitative estimate of drug-likeness (QED) is 0.217. The normalized spacial score (nSPS) is 16.7. The van der Waals surface area contributed by atoms with Crippen LogP contribution in [0.1, 0.15) is 53.2 Å². The largest absolute Gasteiger partial charge is 0.496 e. The smallest absolute Gasteiger partial charge is 0.270 e. The molecule has 0 bridgehead atoms.